The van der Waals surface area contributed by atoms with Crippen LogP contribution < -0.4 is 5.56 Å². The van der Waals surface area contributed by atoms with Crippen molar-refractivity contribution in [2.45, 2.75) is 63.7 Å². The summed E-state index contributed by atoms with van der Waals surface area (Å²) in [6, 6.07) is 7.01. The summed E-state index contributed by atoms with van der Waals surface area (Å²) in [5.41, 5.74) is 2.87. The van der Waals surface area contributed by atoms with Gasteiger partial charge in [-0.15, -0.1) is 0 Å². The predicted molar refractivity (Wildman–Crippen MR) is 132 cm³/mol. The van der Waals surface area contributed by atoms with E-state index in [1.54, 1.807) is 4.90 Å². The number of allylic oxidation sites excluding steroid dienone is 4. The maximum atomic E-state index is 13.5. The Hall–Kier alpha value is -3.69. The van der Waals surface area contributed by atoms with E-state index in [1.165, 1.54) is 10.1 Å². The number of amides is 1. The first kappa shape index (κ1) is 25.0. The van der Waals surface area contributed by atoms with Gasteiger partial charge < -0.3 is 10.0 Å². The van der Waals surface area contributed by atoms with Crippen LogP contribution in [0.2, 0.25) is 0 Å². The number of carbonyl (C=O) groups excluding carboxylic acids is 1. The second-order valence-electron chi connectivity index (χ2n) is 9.87. The lowest BCUT2D eigenvalue weighted by atomic mass is 9.77. The molecule has 3 aliphatic rings. The van der Waals surface area contributed by atoms with Crippen molar-refractivity contribution in [3.8, 4) is 5.75 Å². The van der Waals surface area contributed by atoms with Crippen LogP contribution in [0.5, 0.6) is 5.75 Å². The molecule has 0 saturated carbocycles. The molecule has 2 aliphatic carbocycles. The molecular weight excluding hydrogens is 485 g/mol. The number of fused-ring (bicyclic) bond motifs is 2. The van der Waals surface area contributed by atoms with Gasteiger partial charge in [0.2, 0.25) is 11.7 Å². The lowest BCUT2D eigenvalue weighted by molar-refractivity contribution is -0.0535. The highest BCUT2D eigenvalue weighted by Crippen LogP contribution is 2.48. The maximum Gasteiger partial charge on any atom is 0.426 e. The molecule has 1 aliphatic heterocycles. The topological polar surface area (TPSA) is 87.8 Å². The fourth-order valence-corrected chi connectivity index (χ4v) is 5.75. The summed E-state index contributed by atoms with van der Waals surface area (Å²) in [4.78, 5) is 34.7. The van der Waals surface area contributed by atoms with E-state index in [9.17, 15) is 27.9 Å². The first-order chi connectivity index (χ1) is 17.6. The van der Waals surface area contributed by atoms with Gasteiger partial charge in [0.1, 0.15) is 6.21 Å². The fraction of sp³-hybridized carbons (Fsp3) is 0.407. The van der Waals surface area contributed by atoms with Crippen molar-refractivity contribution in [2.24, 2.45) is 4.99 Å². The van der Waals surface area contributed by atoms with Gasteiger partial charge in [-0.1, -0.05) is 42.0 Å². The van der Waals surface area contributed by atoms with Crippen molar-refractivity contribution < 1.29 is 23.1 Å². The fourth-order valence-electron chi connectivity index (χ4n) is 5.75. The third-order valence-corrected chi connectivity index (χ3v) is 7.34. The number of hydrogen-bond acceptors (Lipinski definition) is 5. The summed E-state index contributed by atoms with van der Waals surface area (Å²) >= 11 is 0. The van der Waals surface area contributed by atoms with E-state index >= 15 is 0 Å². The Balaban J connectivity index is 1.83. The summed E-state index contributed by atoms with van der Waals surface area (Å²) in [6.07, 6.45) is 2.42. The Morgan fingerprint density at radius 2 is 1.92 bits per heavy atom. The normalized spacial score (nSPS) is 21.8. The highest BCUT2D eigenvalue weighted by Gasteiger charge is 2.43. The first-order valence-electron chi connectivity index (χ1n) is 12.3. The third-order valence-electron chi connectivity index (χ3n) is 7.34. The number of alkyl halides is 3. The molecule has 194 valence electrons. The van der Waals surface area contributed by atoms with Crippen molar-refractivity contribution in [2.75, 3.05) is 6.54 Å². The summed E-state index contributed by atoms with van der Waals surface area (Å²) in [7, 11) is 0. The number of hydrogen-bond donors (Lipinski definition) is 1. The van der Waals surface area contributed by atoms with Gasteiger partial charge in [0.25, 0.3) is 5.91 Å². The molecule has 1 amide bonds. The van der Waals surface area contributed by atoms with Crippen molar-refractivity contribution >= 4 is 18.1 Å². The van der Waals surface area contributed by atoms with Gasteiger partial charge in [-0.25, -0.2) is 4.99 Å². The molecular formula is C27H27F3N4O3. The standard InChI is InChI=1S/C27H27F3N4O3/c1-15(2)33-13-20(21-18-9-5-3-7-16(18)11-12-17-8-4-6-10-19(17)21)34-22(25(33)37)23(35)24(36)32-26(34)31-14-27(28,29)30/h3-5,7-9,14-15,20-21,35H,6,10-13H2,1-2H3/t20-,21?/m1/s1. The zero-order valence-corrected chi connectivity index (χ0v) is 20.5. The molecule has 1 aromatic carbocycles. The van der Waals surface area contributed by atoms with Crippen LogP contribution in [0.4, 0.5) is 19.1 Å². The molecule has 2 atom stereocenters. The van der Waals surface area contributed by atoms with Crippen molar-refractivity contribution in [1.29, 1.82) is 0 Å². The van der Waals surface area contributed by atoms with Gasteiger partial charge in [0, 0.05) is 18.5 Å². The first-order valence-corrected chi connectivity index (χ1v) is 12.3. The average molecular weight is 513 g/mol. The van der Waals surface area contributed by atoms with Crippen LogP contribution in [-0.4, -0.2) is 50.4 Å². The number of aliphatic imine (C=N–C) groups is 1. The summed E-state index contributed by atoms with van der Waals surface area (Å²) in [5, 5.41) is 10.7. The highest BCUT2D eigenvalue weighted by molar-refractivity contribution is 5.96. The third kappa shape index (κ3) is 4.49. The molecule has 0 radical (unpaired) electrons. The Kier molecular flexibility index (Phi) is 6.29. The van der Waals surface area contributed by atoms with E-state index in [1.807, 2.05) is 38.1 Å². The van der Waals surface area contributed by atoms with E-state index < -0.39 is 35.4 Å². The number of benzene rings is 1. The quantitative estimate of drug-likeness (QED) is 0.587. The van der Waals surface area contributed by atoms with E-state index in [2.05, 4.69) is 22.1 Å². The molecule has 1 N–H and O–H groups in total. The molecule has 7 nitrogen and oxygen atoms in total. The lowest BCUT2D eigenvalue weighted by Gasteiger charge is -2.43. The summed E-state index contributed by atoms with van der Waals surface area (Å²) in [5.74, 6) is -2.40. The monoisotopic (exact) mass is 512 g/mol. The van der Waals surface area contributed by atoms with Crippen LogP contribution in [0.15, 0.2) is 57.4 Å². The van der Waals surface area contributed by atoms with E-state index in [-0.39, 0.29) is 30.4 Å². The Labute approximate surface area is 211 Å². The predicted octanol–water partition coefficient (Wildman–Crippen LogP) is 5.00. The smallest absolute Gasteiger partial charge is 0.426 e. The molecule has 37 heavy (non-hydrogen) atoms. The molecule has 0 bridgehead atoms. The molecule has 0 saturated heterocycles. The lowest BCUT2D eigenvalue weighted by Crippen LogP contribution is -2.49. The van der Waals surface area contributed by atoms with Gasteiger partial charge in [-0.05, 0) is 56.2 Å². The molecule has 1 unspecified atom stereocenters. The number of rotatable bonds is 3. The SMILES string of the molecule is CC(C)N1C[C@H](C2C3=C(C=CCC3)CCc3ccccc32)n2c(N=CC(F)(F)F)nc(=O)c(O)c2C1=O. The number of aromatic nitrogens is 2. The van der Waals surface area contributed by atoms with Gasteiger partial charge in [0.05, 0.1) is 6.04 Å². The number of halogens is 3. The minimum atomic E-state index is -4.76. The van der Waals surface area contributed by atoms with Gasteiger partial charge >= 0.3 is 11.7 Å². The van der Waals surface area contributed by atoms with Gasteiger partial charge in [0.15, 0.2) is 5.69 Å². The van der Waals surface area contributed by atoms with Gasteiger partial charge in [-0.2, -0.15) is 18.2 Å². The number of aromatic hydroxyl groups is 1. The second kappa shape index (κ2) is 9.32. The van der Waals surface area contributed by atoms with E-state index in [4.69, 9.17) is 0 Å². The van der Waals surface area contributed by atoms with Crippen LogP contribution in [0.3, 0.4) is 0 Å². The molecule has 5 rings (SSSR count). The van der Waals surface area contributed by atoms with E-state index in [0.717, 1.165) is 42.4 Å². The zero-order valence-electron chi connectivity index (χ0n) is 20.5. The summed E-state index contributed by atoms with van der Waals surface area (Å²) in [6.45, 7) is 3.79. The molecule has 0 spiro atoms. The van der Waals surface area contributed by atoms with Crippen LogP contribution >= 0.6 is 0 Å². The maximum absolute atomic E-state index is 13.5. The number of aryl methyl sites for hydroxylation is 1. The molecule has 2 aromatic rings. The minimum absolute atomic E-state index is 0.154. The van der Waals surface area contributed by atoms with Crippen molar-refractivity contribution in [1.82, 2.24) is 14.5 Å². The van der Waals surface area contributed by atoms with Crippen LogP contribution in [-0.2, 0) is 6.42 Å². The van der Waals surface area contributed by atoms with Crippen LogP contribution in [0.1, 0.15) is 66.7 Å². The van der Waals surface area contributed by atoms with Gasteiger partial charge in [-0.3, -0.25) is 14.2 Å². The molecule has 10 heteroatoms. The summed E-state index contributed by atoms with van der Waals surface area (Å²) < 4.78 is 40.6. The van der Waals surface area contributed by atoms with Crippen molar-refractivity contribution in [3.63, 3.8) is 0 Å². The minimum Gasteiger partial charge on any atom is -0.501 e. The largest absolute Gasteiger partial charge is 0.501 e. The second-order valence-corrected chi connectivity index (χ2v) is 9.87. The molecule has 0 fully saturated rings. The number of carbonyl (C=O) groups is 1. The molecule has 1 aromatic heterocycles. The van der Waals surface area contributed by atoms with E-state index in [0.29, 0.717) is 0 Å². The van der Waals surface area contributed by atoms with Crippen LogP contribution in [0, 0.1) is 0 Å². The average Bonchev–Trinajstić information content (AvgIpc) is 3.01. The Bertz CT molecular complexity index is 1400. The Morgan fingerprint density at radius 3 is 2.65 bits per heavy atom. The Morgan fingerprint density at radius 1 is 1.16 bits per heavy atom. The highest BCUT2D eigenvalue weighted by atomic mass is 19.4. The zero-order chi connectivity index (χ0) is 26.5. The van der Waals surface area contributed by atoms with Crippen molar-refractivity contribution in [3.05, 3.63) is 74.7 Å². The molecule has 2 heterocycles. The van der Waals surface area contributed by atoms with Crippen LogP contribution in [0.25, 0.3) is 0 Å². The number of nitrogens with zero attached hydrogens (tertiary/aromatic N) is 4.